The first-order valence-electron chi connectivity index (χ1n) is 10.8. The maximum atomic E-state index is 13.8. The molecule has 9 heteroatoms. The molecule has 1 saturated heterocycles. The second-order valence-corrected chi connectivity index (χ2v) is 8.62. The number of hydrogen-bond donors (Lipinski definition) is 0. The molecule has 4 heterocycles. The van der Waals surface area contributed by atoms with Crippen molar-refractivity contribution in [3.05, 3.63) is 41.5 Å². The van der Waals surface area contributed by atoms with Gasteiger partial charge in [0.05, 0.1) is 25.0 Å². The molecule has 0 amide bonds. The zero-order chi connectivity index (χ0) is 21.6. The fraction of sp³-hybridized carbons (Fsp3) is 0.545. The van der Waals surface area contributed by atoms with Crippen LogP contribution in [0.4, 0.5) is 14.7 Å². The van der Waals surface area contributed by atoms with Crippen LogP contribution in [-0.4, -0.2) is 50.4 Å². The molecule has 0 spiro atoms. The van der Waals surface area contributed by atoms with E-state index in [4.69, 9.17) is 14.7 Å². The third-order valence-electron chi connectivity index (χ3n) is 6.27. The normalized spacial score (nSPS) is 22.2. The summed E-state index contributed by atoms with van der Waals surface area (Å²) in [6, 6.07) is 3.90. The van der Waals surface area contributed by atoms with Gasteiger partial charge >= 0.3 is 0 Å². The number of aryl methyl sites for hydroxylation is 2. The van der Waals surface area contributed by atoms with Crippen molar-refractivity contribution in [2.75, 3.05) is 24.6 Å². The molecular formula is C22H26F2N6O. The van der Waals surface area contributed by atoms with E-state index in [0.29, 0.717) is 44.1 Å². The van der Waals surface area contributed by atoms with E-state index in [9.17, 15) is 8.78 Å². The molecule has 1 aliphatic carbocycles. The third-order valence-corrected chi connectivity index (χ3v) is 6.27. The summed E-state index contributed by atoms with van der Waals surface area (Å²) in [5.41, 5.74) is 3.35. The summed E-state index contributed by atoms with van der Waals surface area (Å²) in [6.07, 6.45) is 4.30. The molecule has 2 aliphatic rings. The average molecular weight is 428 g/mol. The predicted molar refractivity (Wildman–Crippen MR) is 112 cm³/mol. The minimum Gasteiger partial charge on any atom is -0.370 e. The van der Waals surface area contributed by atoms with Gasteiger partial charge in [-0.15, -0.1) is 0 Å². The number of aromatic nitrogens is 5. The second-order valence-electron chi connectivity index (χ2n) is 8.62. The zero-order valence-corrected chi connectivity index (χ0v) is 17.8. The summed E-state index contributed by atoms with van der Waals surface area (Å²) in [5, 5.41) is 5.11. The first-order valence-corrected chi connectivity index (χ1v) is 10.8. The number of anilines is 1. The van der Waals surface area contributed by atoms with Crippen molar-refractivity contribution in [1.29, 1.82) is 0 Å². The van der Waals surface area contributed by atoms with Crippen LogP contribution in [0.1, 0.15) is 54.7 Å². The van der Waals surface area contributed by atoms with Gasteiger partial charge in [-0.3, -0.25) is 4.68 Å². The van der Waals surface area contributed by atoms with Crippen LogP contribution in [0.3, 0.4) is 0 Å². The van der Waals surface area contributed by atoms with Crippen LogP contribution in [0, 0.1) is 6.92 Å². The largest absolute Gasteiger partial charge is 0.370 e. The van der Waals surface area contributed by atoms with Crippen molar-refractivity contribution in [3.63, 3.8) is 0 Å². The maximum Gasteiger partial charge on any atom is 0.248 e. The van der Waals surface area contributed by atoms with Gasteiger partial charge in [-0.2, -0.15) is 10.1 Å². The summed E-state index contributed by atoms with van der Waals surface area (Å²) in [6.45, 7) is 3.74. The Kier molecular flexibility index (Phi) is 5.08. The molecule has 0 radical (unpaired) electrons. The maximum absolute atomic E-state index is 13.8. The molecule has 3 aromatic rings. The van der Waals surface area contributed by atoms with Crippen LogP contribution in [0.25, 0.3) is 11.0 Å². The van der Waals surface area contributed by atoms with Crippen molar-refractivity contribution >= 4 is 17.0 Å². The summed E-state index contributed by atoms with van der Waals surface area (Å²) in [5.74, 6) is -1.99. The van der Waals surface area contributed by atoms with Crippen molar-refractivity contribution in [2.45, 2.75) is 50.6 Å². The summed E-state index contributed by atoms with van der Waals surface area (Å²) in [4.78, 5) is 16.4. The molecule has 0 unspecified atom stereocenters. The number of pyridine rings is 1. The Hall–Kier alpha value is -2.68. The van der Waals surface area contributed by atoms with Crippen LogP contribution in [0.5, 0.6) is 0 Å². The number of morpholine rings is 1. The Bertz CT molecular complexity index is 1090. The van der Waals surface area contributed by atoms with Gasteiger partial charge in [0.15, 0.2) is 5.65 Å². The highest BCUT2D eigenvalue weighted by Crippen LogP contribution is 2.42. The molecule has 0 bridgehead atoms. The number of halogens is 2. The monoisotopic (exact) mass is 428 g/mol. The van der Waals surface area contributed by atoms with Crippen molar-refractivity contribution in [2.24, 2.45) is 7.05 Å². The Labute approximate surface area is 179 Å². The number of ether oxygens (including phenoxy) is 1. The lowest BCUT2D eigenvalue weighted by Gasteiger charge is -2.33. The molecule has 5 rings (SSSR count). The molecule has 3 aromatic heterocycles. The SMILES string of the molecule is Cc1ccc2c(C3CCC(F)(F)CC3)nc(N3CCO[C@@H](c4cnn(C)c4)C3)nc2n1. The quantitative estimate of drug-likeness (QED) is 0.630. The smallest absolute Gasteiger partial charge is 0.248 e. The molecule has 1 aliphatic heterocycles. The van der Waals surface area contributed by atoms with Gasteiger partial charge in [0.1, 0.15) is 6.10 Å². The van der Waals surface area contributed by atoms with E-state index in [1.807, 2.05) is 38.5 Å². The first kappa shape index (κ1) is 20.2. The topological polar surface area (TPSA) is 69.0 Å². The van der Waals surface area contributed by atoms with Gasteiger partial charge in [-0.25, -0.2) is 18.7 Å². The molecule has 0 N–H and O–H groups in total. The fourth-order valence-corrected chi connectivity index (χ4v) is 4.52. The molecule has 2 fully saturated rings. The third kappa shape index (κ3) is 4.11. The lowest BCUT2D eigenvalue weighted by Crippen LogP contribution is -2.39. The van der Waals surface area contributed by atoms with Crippen molar-refractivity contribution in [3.8, 4) is 0 Å². The van der Waals surface area contributed by atoms with E-state index in [-0.39, 0.29) is 24.9 Å². The second kappa shape index (κ2) is 7.78. The van der Waals surface area contributed by atoms with Gasteiger partial charge in [0.2, 0.25) is 11.9 Å². The van der Waals surface area contributed by atoms with E-state index in [1.54, 1.807) is 4.68 Å². The van der Waals surface area contributed by atoms with Crippen LogP contribution >= 0.6 is 0 Å². The van der Waals surface area contributed by atoms with Crippen LogP contribution in [-0.2, 0) is 11.8 Å². The highest BCUT2D eigenvalue weighted by Gasteiger charge is 2.37. The number of nitrogens with zero attached hydrogens (tertiary/aromatic N) is 6. The van der Waals surface area contributed by atoms with E-state index < -0.39 is 5.92 Å². The fourth-order valence-electron chi connectivity index (χ4n) is 4.52. The minimum absolute atomic E-state index is 0.0106. The van der Waals surface area contributed by atoms with Crippen LogP contribution < -0.4 is 4.90 Å². The average Bonchev–Trinajstić information content (AvgIpc) is 3.19. The number of rotatable bonds is 3. The first-order chi connectivity index (χ1) is 14.9. The predicted octanol–water partition coefficient (Wildman–Crippen LogP) is 3.94. The lowest BCUT2D eigenvalue weighted by molar-refractivity contribution is -0.0383. The Morgan fingerprint density at radius 1 is 1.13 bits per heavy atom. The van der Waals surface area contributed by atoms with Gasteiger partial charge in [-0.05, 0) is 31.9 Å². The molecule has 0 aromatic carbocycles. The molecule has 1 atom stereocenters. The number of hydrogen-bond acceptors (Lipinski definition) is 6. The molecule has 1 saturated carbocycles. The van der Waals surface area contributed by atoms with Crippen LogP contribution in [0.2, 0.25) is 0 Å². The van der Waals surface area contributed by atoms with E-state index in [1.165, 1.54) is 0 Å². The highest BCUT2D eigenvalue weighted by atomic mass is 19.3. The van der Waals surface area contributed by atoms with Gasteiger partial charge in [-0.1, -0.05) is 0 Å². The molecule has 31 heavy (non-hydrogen) atoms. The van der Waals surface area contributed by atoms with Crippen LogP contribution in [0.15, 0.2) is 24.5 Å². The Balaban J connectivity index is 1.50. The van der Waals surface area contributed by atoms with E-state index in [0.717, 1.165) is 22.3 Å². The van der Waals surface area contributed by atoms with Gasteiger partial charge < -0.3 is 9.64 Å². The highest BCUT2D eigenvalue weighted by molar-refractivity contribution is 5.79. The van der Waals surface area contributed by atoms with E-state index >= 15 is 0 Å². The molecule has 7 nitrogen and oxygen atoms in total. The summed E-state index contributed by atoms with van der Waals surface area (Å²) in [7, 11) is 1.88. The van der Waals surface area contributed by atoms with Gasteiger partial charge in [0, 0.05) is 55.2 Å². The molecule has 164 valence electrons. The standard InChI is InChI=1S/C22H26F2N6O/c1-14-3-4-17-19(15-5-7-22(23,24)8-6-15)27-21(28-20(17)26-14)30-9-10-31-18(13-30)16-11-25-29(2)12-16/h3-4,11-12,15,18H,5-10,13H2,1-2H3/t18-/m1/s1. The zero-order valence-electron chi connectivity index (χ0n) is 17.8. The Morgan fingerprint density at radius 3 is 2.68 bits per heavy atom. The van der Waals surface area contributed by atoms with E-state index in [2.05, 4.69) is 15.0 Å². The lowest BCUT2D eigenvalue weighted by atomic mass is 9.83. The summed E-state index contributed by atoms with van der Waals surface area (Å²) < 4.78 is 35.2. The molecular weight excluding hydrogens is 402 g/mol. The summed E-state index contributed by atoms with van der Waals surface area (Å²) >= 11 is 0. The number of fused-ring (bicyclic) bond motifs is 1. The van der Waals surface area contributed by atoms with Crippen molar-refractivity contribution in [1.82, 2.24) is 24.7 Å². The van der Waals surface area contributed by atoms with Gasteiger partial charge in [0.25, 0.3) is 0 Å². The minimum atomic E-state index is -2.57. The Morgan fingerprint density at radius 2 is 1.94 bits per heavy atom. The number of alkyl halides is 2. The van der Waals surface area contributed by atoms with Crippen molar-refractivity contribution < 1.29 is 13.5 Å².